The molecule has 4 aromatic rings. The second kappa shape index (κ2) is 7.73. The van der Waals surface area contributed by atoms with Crippen LogP contribution in [-0.4, -0.2) is 52.3 Å². The average molecular weight is 377 g/mol. The number of nitrogens with zero attached hydrogens (tertiary/aromatic N) is 8. The molecule has 0 atom stereocenters. The van der Waals surface area contributed by atoms with Crippen molar-refractivity contribution in [3.05, 3.63) is 48.7 Å². The number of aromatic nitrogens is 7. The van der Waals surface area contributed by atoms with E-state index in [0.717, 1.165) is 48.2 Å². The molecule has 9 heteroatoms. The molecule has 0 saturated heterocycles. The molecule has 0 bridgehead atoms. The second-order valence-corrected chi connectivity index (χ2v) is 6.45. The van der Waals surface area contributed by atoms with Crippen LogP contribution in [-0.2, 0) is 13.6 Å². The molecule has 0 aromatic carbocycles. The topological polar surface area (TPSA) is 89.1 Å². The zero-order chi connectivity index (χ0) is 19.5. The van der Waals surface area contributed by atoms with Gasteiger partial charge in [-0.05, 0) is 31.3 Å². The Morgan fingerprint density at radius 2 is 1.93 bits per heavy atom. The van der Waals surface area contributed by atoms with Crippen molar-refractivity contribution in [2.45, 2.75) is 20.4 Å². The van der Waals surface area contributed by atoms with Crippen LogP contribution < -0.4 is 5.32 Å². The van der Waals surface area contributed by atoms with E-state index >= 15 is 0 Å². The highest BCUT2D eigenvalue weighted by Crippen LogP contribution is 2.21. The molecule has 0 amide bonds. The van der Waals surface area contributed by atoms with Gasteiger partial charge < -0.3 is 5.32 Å². The SMILES string of the molecule is CCN(CC)Cc1nnc2cc(-c3ccnc(Nc4ccnn4C)n3)ccn12. The minimum atomic E-state index is 0.518. The number of fused-ring (bicyclic) bond motifs is 1. The van der Waals surface area contributed by atoms with E-state index in [1.165, 1.54) is 0 Å². The normalized spacial score (nSPS) is 11.4. The van der Waals surface area contributed by atoms with Gasteiger partial charge in [0.15, 0.2) is 11.5 Å². The first-order valence-corrected chi connectivity index (χ1v) is 9.32. The van der Waals surface area contributed by atoms with Gasteiger partial charge in [-0.2, -0.15) is 5.10 Å². The fourth-order valence-corrected chi connectivity index (χ4v) is 3.05. The number of rotatable bonds is 7. The molecule has 0 aliphatic rings. The highest BCUT2D eigenvalue weighted by molar-refractivity contribution is 5.65. The fraction of sp³-hybridized carbons (Fsp3) is 0.316. The van der Waals surface area contributed by atoms with Crippen LogP contribution in [0.15, 0.2) is 42.9 Å². The van der Waals surface area contributed by atoms with Crippen molar-refractivity contribution in [2.24, 2.45) is 7.05 Å². The van der Waals surface area contributed by atoms with E-state index in [0.29, 0.717) is 5.95 Å². The monoisotopic (exact) mass is 377 g/mol. The molecule has 1 N–H and O–H groups in total. The van der Waals surface area contributed by atoms with Crippen LogP contribution in [0.3, 0.4) is 0 Å². The molecule has 0 unspecified atom stereocenters. The van der Waals surface area contributed by atoms with Gasteiger partial charge in [-0.15, -0.1) is 10.2 Å². The van der Waals surface area contributed by atoms with Crippen molar-refractivity contribution in [1.29, 1.82) is 0 Å². The predicted molar refractivity (Wildman–Crippen MR) is 107 cm³/mol. The summed E-state index contributed by atoms with van der Waals surface area (Å²) in [7, 11) is 1.86. The molecule has 0 aliphatic carbocycles. The van der Waals surface area contributed by atoms with Crippen molar-refractivity contribution in [2.75, 3.05) is 18.4 Å². The van der Waals surface area contributed by atoms with Crippen LogP contribution in [0, 0.1) is 0 Å². The van der Waals surface area contributed by atoms with E-state index in [1.54, 1.807) is 17.1 Å². The van der Waals surface area contributed by atoms with Crippen molar-refractivity contribution in [3.8, 4) is 11.3 Å². The summed E-state index contributed by atoms with van der Waals surface area (Å²) in [5.74, 6) is 2.28. The third-order valence-corrected chi connectivity index (χ3v) is 4.75. The largest absolute Gasteiger partial charge is 0.309 e. The molecule has 4 aromatic heterocycles. The third-order valence-electron chi connectivity index (χ3n) is 4.75. The van der Waals surface area contributed by atoms with Gasteiger partial charge in [0.1, 0.15) is 5.82 Å². The Kier molecular flexibility index (Phi) is 4.98. The summed E-state index contributed by atoms with van der Waals surface area (Å²) in [4.78, 5) is 11.2. The van der Waals surface area contributed by atoms with Gasteiger partial charge in [0.25, 0.3) is 0 Å². The lowest BCUT2D eigenvalue weighted by Gasteiger charge is -2.16. The van der Waals surface area contributed by atoms with E-state index < -0.39 is 0 Å². The van der Waals surface area contributed by atoms with Gasteiger partial charge in [0.05, 0.1) is 18.4 Å². The summed E-state index contributed by atoms with van der Waals surface area (Å²) in [5.41, 5.74) is 2.58. The van der Waals surface area contributed by atoms with Crippen LogP contribution in [0.1, 0.15) is 19.7 Å². The van der Waals surface area contributed by atoms with Gasteiger partial charge in [-0.1, -0.05) is 13.8 Å². The zero-order valence-corrected chi connectivity index (χ0v) is 16.2. The highest BCUT2D eigenvalue weighted by atomic mass is 15.3. The van der Waals surface area contributed by atoms with Gasteiger partial charge in [0.2, 0.25) is 5.95 Å². The molecule has 9 nitrogen and oxygen atoms in total. The molecule has 0 radical (unpaired) electrons. The summed E-state index contributed by atoms with van der Waals surface area (Å²) in [6, 6.07) is 7.77. The number of hydrogen-bond acceptors (Lipinski definition) is 7. The van der Waals surface area contributed by atoms with E-state index in [9.17, 15) is 0 Å². The number of anilines is 2. The van der Waals surface area contributed by atoms with Crippen molar-refractivity contribution < 1.29 is 0 Å². The van der Waals surface area contributed by atoms with E-state index in [1.807, 2.05) is 41.9 Å². The zero-order valence-electron chi connectivity index (χ0n) is 16.2. The quantitative estimate of drug-likeness (QED) is 0.529. The van der Waals surface area contributed by atoms with Crippen molar-refractivity contribution >= 4 is 17.4 Å². The molecule has 144 valence electrons. The molecule has 0 fully saturated rings. The minimum absolute atomic E-state index is 0.518. The molecular weight excluding hydrogens is 354 g/mol. The van der Waals surface area contributed by atoms with Crippen LogP contribution in [0.25, 0.3) is 16.9 Å². The Morgan fingerprint density at radius 3 is 2.68 bits per heavy atom. The fourth-order valence-electron chi connectivity index (χ4n) is 3.05. The molecule has 4 rings (SSSR count). The summed E-state index contributed by atoms with van der Waals surface area (Å²) >= 11 is 0. The number of pyridine rings is 1. The molecule has 0 saturated carbocycles. The number of aryl methyl sites for hydroxylation is 1. The first-order valence-electron chi connectivity index (χ1n) is 9.32. The van der Waals surface area contributed by atoms with Crippen LogP contribution in [0.4, 0.5) is 11.8 Å². The Hall–Kier alpha value is -3.33. The first kappa shape index (κ1) is 18.1. The smallest absolute Gasteiger partial charge is 0.228 e. The molecule has 28 heavy (non-hydrogen) atoms. The number of nitrogens with one attached hydrogen (secondary N) is 1. The Morgan fingerprint density at radius 1 is 1.07 bits per heavy atom. The maximum atomic E-state index is 4.62. The maximum Gasteiger partial charge on any atom is 0.228 e. The van der Waals surface area contributed by atoms with E-state index in [4.69, 9.17) is 0 Å². The Balaban J connectivity index is 1.61. The summed E-state index contributed by atoms with van der Waals surface area (Å²) in [6.07, 6.45) is 5.46. The van der Waals surface area contributed by atoms with Gasteiger partial charge >= 0.3 is 0 Å². The average Bonchev–Trinajstić information content (AvgIpc) is 3.32. The lowest BCUT2D eigenvalue weighted by molar-refractivity contribution is 0.287. The minimum Gasteiger partial charge on any atom is -0.309 e. The Bertz CT molecular complexity index is 1080. The first-order chi connectivity index (χ1) is 13.7. The lowest BCUT2D eigenvalue weighted by atomic mass is 10.2. The third kappa shape index (κ3) is 3.56. The molecular formula is C19H23N9. The summed E-state index contributed by atoms with van der Waals surface area (Å²) < 4.78 is 3.76. The molecule has 0 spiro atoms. The Labute approximate surface area is 163 Å². The number of hydrogen-bond donors (Lipinski definition) is 1. The van der Waals surface area contributed by atoms with Crippen molar-refractivity contribution in [1.82, 2.24) is 39.2 Å². The van der Waals surface area contributed by atoms with E-state index in [-0.39, 0.29) is 0 Å². The summed E-state index contributed by atoms with van der Waals surface area (Å²) in [5, 5.41) is 16.0. The molecule has 0 aliphatic heterocycles. The van der Waals surface area contributed by atoms with Crippen LogP contribution in [0.5, 0.6) is 0 Å². The van der Waals surface area contributed by atoms with Gasteiger partial charge in [-0.25, -0.2) is 9.97 Å². The standard InChI is InChI=1S/C19H23N9/c1-4-27(5-2)13-18-25-24-17-12-14(8-11-28(17)18)15-6-9-20-19(22-15)23-16-7-10-21-26(16)3/h6-12H,4-5,13H2,1-3H3,(H,20,22,23). The second-order valence-electron chi connectivity index (χ2n) is 6.45. The maximum absolute atomic E-state index is 4.62. The highest BCUT2D eigenvalue weighted by Gasteiger charge is 2.11. The summed E-state index contributed by atoms with van der Waals surface area (Å²) in [6.45, 7) is 7.04. The van der Waals surface area contributed by atoms with Gasteiger partial charge in [0, 0.05) is 31.1 Å². The van der Waals surface area contributed by atoms with Crippen molar-refractivity contribution in [3.63, 3.8) is 0 Å². The molecule has 4 heterocycles. The van der Waals surface area contributed by atoms with Crippen LogP contribution in [0.2, 0.25) is 0 Å². The van der Waals surface area contributed by atoms with E-state index in [2.05, 4.69) is 49.3 Å². The van der Waals surface area contributed by atoms with Crippen LogP contribution >= 0.6 is 0 Å². The van der Waals surface area contributed by atoms with Gasteiger partial charge in [-0.3, -0.25) is 14.0 Å². The predicted octanol–water partition coefficient (Wildman–Crippen LogP) is 2.51. The lowest BCUT2D eigenvalue weighted by Crippen LogP contribution is -2.23.